The third-order valence-electron chi connectivity index (χ3n) is 4.01. The number of phenolic OH excluding ortho intramolecular Hbond substituents is 1. The number of rotatable bonds is 7. The molecule has 0 saturated heterocycles. The Bertz CT molecular complexity index is 1020. The van der Waals surface area contributed by atoms with Crippen molar-refractivity contribution in [3.63, 3.8) is 0 Å². The summed E-state index contributed by atoms with van der Waals surface area (Å²) in [5, 5.41) is 13.7. The van der Waals surface area contributed by atoms with Gasteiger partial charge in [0.05, 0.1) is 23.4 Å². The first-order valence-electron chi connectivity index (χ1n) is 8.74. The van der Waals surface area contributed by atoms with Crippen LogP contribution in [0.5, 0.6) is 17.2 Å². The van der Waals surface area contributed by atoms with Crippen molar-refractivity contribution in [1.82, 2.24) is 5.43 Å². The van der Waals surface area contributed by atoms with E-state index in [9.17, 15) is 9.90 Å². The Balaban J connectivity index is 1.70. The van der Waals surface area contributed by atoms with Gasteiger partial charge in [-0.1, -0.05) is 42.5 Å². The van der Waals surface area contributed by atoms with Crippen molar-refractivity contribution in [3.05, 3.63) is 87.9 Å². The highest BCUT2D eigenvalue weighted by atomic mass is 79.9. The van der Waals surface area contributed by atoms with Crippen LogP contribution in [0.2, 0.25) is 0 Å². The van der Waals surface area contributed by atoms with Gasteiger partial charge < -0.3 is 14.6 Å². The lowest BCUT2D eigenvalue weighted by molar-refractivity contribution is 0.0952. The second-order valence-electron chi connectivity index (χ2n) is 6.02. The first-order chi connectivity index (χ1) is 14.1. The molecule has 0 aromatic heterocycles. The van der Waals surface area contributed by atoms with Gasteiger partial charge in [-0.05, 0) is 51.3 Å². The number of hydrogen-bond donors (Lipinski definition) is 2. The van der Waals surface area contributed by atoms with Crippen LogP contribution in [0.4, 0.5) is 0 Å². The zero-order chi connectivity index (χ0) is 20.6. The van der Waals surface area contributed by atoms with Crippen LogP contribution in [0, 0.1) is 0 Å². The first-order valence-corrected chi connectivity index (χ1v) is 9.53. The summed E-state index contributed by atoms with van der Waals surface area (Å²) in [6.07, 6.45) is 1.48. The topological polar surface area (TPSA) is 80.2 Å². The zero-order valence-corrected chi connectivity index (χ0v) is 17.2. The Labute approximate surface area is 176 Å². The van der Waals surface area contributed by atoms with Crippen LogP contribution in [0.3, 0.4) is 0 Å². The van der Waals surface area contributed by atoms with E-state index in [0.29, 0.717) is 28.1 Å². The predicted octanol–water partition coefficient (Wildman–Crippen LogP) is 4.51. The first kappa shape index (κ1) is 20.4. The molecule has 0 radical (unpaired) electrons. The molecule has 0 saturated carbocycles. The maximum Gasteiger partial charge on any atom is 0.275 e. The SMILES string of the molecule is COc1cc(/C=N\NC(=O)c2ccccc2O)cc(Br)c1OCc1ccccc1. The molecule has 148 valence electrons. The van der Waals surface area contributed by atoms with E-state index in [-0.39, 0.29) is 11.3 Å². The third kappa shape index (κ3) is 5.36. The van der Waals surface area contributed by atoms with Gasteiger partial charge in [0.25, 0.3) is 5.91 Å². The van der Waals surface area contributed by atoms with Gasteiger partial charge in [0.2, 0.25) is 0 Å². The number of nitrogens with one attached hydrogen (secondary N) is 1. The van der Waals surface area contributed by atoms with Gasteiger partial charge in [0, 0.05) is 0 Å². The molecular weight excluding hydrogens is 436 g/mol. The summed E-state index contributed by atoms with van der Waals surface area (Å²) in [6, 6.07) is 19.6. The highest BCUT2D eigenvalue weighted by molar-refractivity contribution is 9.10. The molecule has 0 unspecified atom stereocenters. The Hall–Kier alpha value is -3.32. The van der Waals surface area contributed by atoms with Crippen molar-refractivity contribution in [2.24, 2.45) is 5.10 Å². The van der Waals surface area contributed by atoms with Crippen molar-refractivity contribution >= 4 is 28.1 Å². The summed E-state index contributed by atoms with van der Waals surface area (Å²) in [6.45, 7) is 0.403. The van der Waals surface area contributed by atoms with Crippen LogP contribution in [0.1, 0.15) is 21.5 Å². The maximum atomic E-state index is 12.1. The van der Waals surface area contributed by atoms with Crippen molar-refractivity contribution in [1.29, 1.82) is 0 Å². The van der Waals surface area contributed by atoms with E-state index in [1.54, 1.807) is 31.4 Å². The summed E-state index contributed by atoms with van der Waals surface area (Å²) >= 11 is 3.49. The van der Waals surface area contributed by atoms with E-state index >= 15 is 0 Å². The van der Waals surface area contributed by atoms with E-state index in [0.717, 1.165) is 5.56 Å². The normalized spacial score (nSPS) is 10.7. The standard InChI is InChI=1S/C22H19BrN2O4/c1-28-20-12-16(13-24-25-22(27)17-9-5-6-10-19(17)26)11-18(23)21(20)29-14-15-7-3-2-4-8-15/h2-13,26H,14H2,1H3,(H,25,27)/b24-13-. The molecule has 7 heteroatoms. The van der Waals surface area contributed by atoms with Crippen molar-refractivity contribution in [2.45, 2.75) is 6.61 Å². The van der Waals surface area contributed by atoms with E-state index in [4.69, 9.17) is 9.47 Å². The number of carbonyl (C=O) groups is 1. The fourth-order valence-electron chi connectivity index (χ4n) is 2.58. The number of carbonyl (C=O) groups excluding carboxylic acids is 1. The van der Waals surface area contributed by atoms with Crippen LogP contribution < -0.4 is 14.9 Å². The number of nitrogens with zero attached hydrogens (tertiary/aromatic N) is 1. The van der Waals surface area contributed by atoms with Gasteiger partial charge >= 0.3 is 0 Å². The van der Waals surface area contributed by atoms with Gasteiger partial charge in [0.1, 0.15) is 12.4 Å². The minimum absolute atomic E-state index is 0.107. The smallest absolute Gasteiger partial charge is 0.275 e. The average Bonchev–Trinajstić information content (AvgIpc) is 2.73. The fourth-order valence-corrected chi connectivity index (χ4v) is 3.15. The van der Waals surface area contributed by atoms with E-state index < -0.39 is 5.91 Å². The minimum atomic E-state index is -0.506. The largest absolute Gasteiger partial charge is 0.507 e. The summed E-state index contributed by atoms with van der Waals surface area (Å²) in [5.41, 5.74) is 4.27. The number of hydrazone groups is 1. The van der Waals surface area contributed by atoms with Crippen molar-refractivity contribution in [2.75, 3.05) is 7.11 Å². The molecule has 2 N–H and O–H groups in total. The number of methoxy groups -OCH3 is 1. The Kier molecular flexibility index (Phi) is 6.86. The number of benzene rings is 3. The summed E-state index contributed by atoms with van der Waals surface area (Å²) in [5.74, 6) is 0.494. The molecule has 3 rings (SSSR count). The van der Waals surface area contributed by atoms with Gasteiger partial charge in [-0.2, -0.15) is 5.10 Å². The lowest BCUT2D eigenvalue weighted by atomic mass is 10.2. The number of amides is 1. The zero-order valence-electron chi connectivity index (χ0n) is 15.6. The van der Waals surface area contributed by atoms with Crippen molar-refractivity contribution < 1.29 is 19.4 Å². The molecule has 0 aliphatic rings. The van der Waals surface area contributed by atoms with Gasteiger partial charge in [-0.15, -0.1) is 0 Å². The molecular formula is C22H19BrN2O4. The van der Waals surface area contributed by atoms with Gasteiger partial charge in [-0.3, -0.25) is 4.79 Å². The number of ether oxygens (including phenoxy) is 2. The molecule has 29 heavy (non-hydrogen) atoms. The van der Waals surface area contributed by atoms with Crippen LogP contribution >= 0.6 is 15.9 Å². The molecule has 0 aliphatic heterocycles. The highest BCUT2D eigenvalue weighted by Gasteiger charge is 2.12. The summed E-state index contributed by atoms with van der Waals surface area (Å²) < 4.78 is 12.0. The summed E-state index contributed by atoms with van der Waals surface area (Å²) in [7, 11) is 1.55. The summed E-state index contributed by atoms with van der Waals surface area (Å²) in [4.78, 5) is 12.1. The van der Waals surface area contributed by atoms with E-state index in [1.165, 1.54) is 18.3 Å². The van der Waals surface area contributed by atoms with Crippen LogP contribution in [0.25, 0.3) is 0 Å². The minimum Gasteiger partial charge on any atom is -0.507 e. The molecule has 1 amide bonds. The van der Waals surface area contributed by atoms with Crippen LogP contribution in [0.15, 0.2) is 76.3 Å². The molecule has 0 atom stereocenters. The number of halogens is 1. The lowest BCUT2D eigenvalue weighted by Gasteiger charge is -2.13. The molecule has 6 nitrogen and oxygen atoms in total. The fraction of sp³-hybridized carbons (Fsp3) is 0.0909. The van der Waals surface area contributed by atoms with E-state index in [1.807, 2.05) is 30.3 Å². The molecule has 0 spiro atoms. The third-order valence-corrected chi connectivity index (χ3v) is 4.60. The molecule has 0 bridgehead atoms. The van der Waals surface area contributed by atoms with E-state index in [2.05, 4.69) is 26.5 Å². The molecule has 0 aliphatic carbocycles. The number of hydrogen-bond acceptors (Lipinski definition) is 5. The quantitative estimate of drug-likeness (QED) is 0.406. The second-order valence-corrected chi connectivity index (χ2v) is 6.88. The highest BCUT2D eigenvalue weighted by Crippen LogP contribution is 2.36. The maximum absolute atomic E-state index is 12.1. The lowest BCUT2D eigenvalue weighted by Crippen LogP contribution is -2.17. The van der Waals surface area contributed by atoms with Crippen LogP contribution in [-0.4, -0.2) is 24.3 Å². The Morgan fingerprint density at radius 3 is 2.59 bits per heavy atom. The second kappa shape index (κ2) is 9.75. The van der Waals surface area contributed by atoms with Gasteiger partial charge in [0.15, 0.2) is 11.5 Å². The molecule has 3 aromatic carbocycles. The van der Waals surface area contributed by atoms with Gasteiger partial charge in [-0.25, -0.2) is 5.43 Å². The molecule has 3 aromatic rings. The number of aromatic hydroxyl groups is 1. The van der Waals surface area contributed by atoms with Crippen LogP contribution in [-0.2, 0) is 6.61 Å². The Morgan fingerprint density at radius 1 is 1.14 bits per heavy atom. The number of phenols is 1. The molecule has 0 heterocycles. The Morgan fingerprint density at radius 2 is 1.86 bits per heavy atom. The molecule has 0 fully saturated rings. The van der Waals surface area contributed by atoms with Crippen molar-refractivity contribution in [3.8, 4) is 17.2 Å². The monoisotopic (exact) mass is 454 g/mol. The average molecular weight is 455 g/mol. The number of para-hydroxylation sites is 1. The predicted molar refractivity (Wildman–Crippen MR) is 115 cm³/mol.